The Labute approximate surface area is 279 Å². The summed E-state index contributed by atoms with van der Waals surface area (Å²) in [5.41, 5.74) is 4.70. The molecule has 8 nitrogen and oxygen atoms in total. The van der Waals surface area contributed by atoms with E-state index in [1.165, 1.54) is 29.0 Å². The van der Waals surface area contributed by atoms with Crippen molar-refractivity contribution in [3.8, 4) is 22.3 Å². The number of nitrogens with zero attached hydrogens (tertiary/aromatic N) is 4. The van der Waals surface area contributed by atoms with Gasteiger partial charge in [-0.2, -0.15) is 13.2 Å². The molecule has 3 heterocycles. The number of amides is 1. The molecule has 0 saturated carbocycles. The molecule has 256 valence electrons. The van der Waals surface area contributed by atoms with Crippen molar-refractivity contribution in [3.63, 3.8) is 0 Å². The summed E-state index contributed by atoms with van der Waals surface area (Å²) in [6, 6.07) is 13.5. The van der Waals surface area contributed by atoms with Gasteiger partial charge in [-0.15, -0.1) is 0 Å². The number of alkyl halides is 5. The van der Waals surface area contributed by atoms with Crippen molar-refractivity contribution >= 4 is 18.0 Å². The lowest BCUT2D eigenvalue weighted by atomic mass is 9.91. The minimum Gasteiger partial charge on any atom is -0.478 e. The normalized spacial score (nSPS) is 18.8. The first-order chi connectivity index (χ1) is 23.0. The second-order valence-corrected chi connectivity index (χ2v) is 12.6. The molecule has 1 aromatic heterocycles. The Morgan fingerprint density at radius 1 is 1.02 bits per heavy atom. The standard InChI is InChI=1S/C36H33F5N4O4/c1-5-22-6-7-23(27-9-8-24(32(46)47)12-20(27)3)14-28(22)29-15-42-33(44-17-35(37,38)18-44)43-30(29)16-45-21(4)31(49-34(45)48)25-10-19(2)11-26(13-25)36(39,40)41/h6-15,21,31H,5,16-18H2,1-4H3,(H,46,47)/t21-,31-/m0/s1. The predicted molar refractivity (Wildman–Crippen MR) is 172 cm³/mol. The number of aryl methyl sites for hydroxylation is 3. The van der Waals surface area contributed by atoms with Crippen LogP contribution in [-0.2, 0) is 23.9 Å². The van der Waals surface area contributed by atoms with Crippen molar-refractivity contribution < 1.29 is 41.4 Å². The number of hydrogen-bond donors (Lipinski definition) is 1. The summed E-state index contributed by atoms with van der Waals surface area (Å²) < 4.78 is 74.2. The number of cyclic esters (lactones) is 1. The smallest absolute Gasteiger partial charge is 0.416 e. The number of benzene rings is 3. The molecule has 2 aliphatic heterocycles. The van der Waals surface area contributed by atoms with Crippen molar-refractivity contribution in [3.05, 3.63) is 99.9 Å². The molecular weight excluding hydrogens is 647 g/mol. The minimum absolute atomic E-state index is 0.0595. The highest BCUT2D eigenvalue weighted by molar-refractivity contribution is 5.89. The zero-order valence-electron chi connectivity index (χ0n) is 27.1. The fourth-order valence-electron chi connectivity index (χ4n) is 6.44. The molecule has 0 radical (unpaired) electrons. The number of aromatic nitrogens is 2. The number of halogens is 5. The summed E-state index contributed by atoms with van der Waals surface area (Å²) in [6.07, 6.45) is -4.21. The van der Waals surface area contributed by atoms with Crippen LogP contribution in [0, 0.1) is 13.8 Å². The highest BCUT2D eigenvalue weighted by Gasteiger charge is 2.46. The number of hydrogen-bond acceptors (Lipinski definition) is 6. The van der Waals surface area contributed by atoms with Crippen LogP contribution >= 0.6 is 0 Å². The predicted octanol–water partition coefficient (Wildman–Crippen LogP) is 8.24. The van der Waals surface area contributed by atoms with Gasteiger partial charge < -0.3 is 14.7 Å². The number of anilines is 1. The van der Waals surface area contributed by atoms with Gasteiger partial charge in [-0.3, -0.25) is 4.90 Å². The zero-order chi connectivity index (χ0) is 35.4. The molecule has 2 saturated heterocycles. The molecule has 6 rings (SSSR count). The third-order valence-electron chi connectivity index (χ3n) is 9.02. The van der Waals surface area contributed by atoms with Crippen molar-refractivity contribution in [2.75, 3.05) is 18.0 Å². The largest absolute Gasteiger partial charge is 0.478 e. The Bertz CT molecular complexity index is 1960. The topological polar surface area (TPSA) is 95.9 Å². The molecule has 2 aliphatic rings. The van der Waals surface area contributed by atoms with E-state index < -0.39 is 55.0 Å². The molecule has 0 aliphatic carbocycles. The van der Waals surface area contributed by atoms with Gasteiger partial charge in [0.1, 0.15) is 6.10 Å². The van der Waals surface area contributed by atoms with Crippen LogP contribution in [-0.4, -0.2) is 57.1 Å². The Hall–Kier alpha value is -5.07. The highest BCUT2D eigenvalue weighted by Crippen LogP contribution is 2.40. The Balaban J connectivity index is 1.41. The molecular formula is C36H33F5N4O4. The Kier molecular flexibility index (Phi) is 8.58. The van der Waals surface area contributed by atoms with Crippen LogP contribution in [0.15, 0.2) is 60.8 Å². The molecule has 2 atom stereocenters. The number of rotatable bonds is 8. The van der Waals surface area contributed by atoms with E-state index in [9.17, 15) is 36.6 Å². The van der Waals surface area contributed by atoms with Crippen LogP contribution in [0.4, 0.5) is 32.7 Å². The Morgan fingerprint density at radius 3 is 2.39 bits per heavy atom. The average Bonchev–Trinajstić information content (AvgIpc) is 3.31. The lowest BCUT2D eigenvalue weighted by Gasteiger charge is -2.38. The maximum atomic E-state index is 13.8. The van der Waals surface area contributed by atoms with Crippen molar-refractivity contribution in [1.29, 1.82) is 0 Å². The molecule has 0 unspecified atom stereocenters. The van der Waals surface area contributed by atoms with Gasteiger partial charge in [0.2, 0.25) is 5.95 Å². The van der Waals surface area contributed by atoms with E-state index in [-0.39, 0.29) is 23.6 Å². The molecule has 13 heteroatoms. The Morgan fingerprint density at radius 2 is 1.76 bits per heavy atom. The van der Waals surface area contributed by atoms with E-state index >= 15 is 0 Å². The van der Waals surface area contributed by atoms with Crippen LogP contribution in [0.1, 0.15) is 63.8 Å². The summed E-state index contributed by atoms with van der Waals surface area (Å²) in [6.45, 7) is 5.72. The van der Waals surface area contributed by atoms with E-state index in [1.54, 1.807) is 25.1 Å². The van der Waals surface area contributed by atoms with E-state index in [1.807, 2.05) is 32.0 Å². The quantitative estimate of drug-likeness (QED) is 0.187. The van der Waals surface area contributed by atoms with Gasteiger partial charge >= 0.3 is 18.2 Å². The van der Waals surface area contributed by atoms with Gasteiger partial charge in [0.15, 0.2) is 0 Å². The monoisotopic (exact) mass is 680 g/mol. The van der Waals surface area contributed by atoms with E-state index in [0.29, 0.717) is 23.2 Å². The van der Waals surface area contributed by atoms with E-state index in [2.05, 4.69) is 9.97 Å². The van der Waals surface area contributed by atoms with Crippen LogP contribution in [0.25, 0.3) is 22.3 Å². The number of aromatic carboxylic acids is 1. The van der Waals surface area contributed by atoms with Gasteiger partial charge in [-0.25, -0.2) is 28.3 Å². The first-order valence-electron chi connectivity index (χ1n) is 15.7. The fraction of sp³-hybridized carbons (Fsp3) is 0.333. The van der Waals surface area contributed by atoms with Crippen LogP contribution in [0.2, 0.25) is 0 Å². The number of carbonyl (C=O) groups excluding carboxylic acids is 1. The maximum absolute atomic E-state index is 13.8. The van der Waals surface area contributed by atoms with E-state index in [0.717, 1.165) is 39.9 Å². The molecule has 0 bridgehead atoms. The summed E-state index contributed by atoms with van der Waals surface area (Å²) in [4.78, 5) is 36.6. The molecule has 1 N–H and O–H groups in total. The first-order valence-corrected chi connectivity index (χ1v) is 15.7. The second-order valence-electron chi connectivity index (χ2n) is 12.6. The van der Waals surface area contributed by atoms with Crippen molar-refractivity contribution in [2.45, 2.75) is 64.9 Å². The highest BCUT2D eigenvalue weighted by atomic mass is 19.4. The molecule has 1 amide bonds. The molecule has 0 spiro atoms. The SMILES string of the molecule is CCc1ccc(-c2ccc(C(=O)O)cc2C)cc1-c1cnc(N2CC(F)(F)C2)nc1CN1C(=O)O[C@H](c2cc(C)cc(C(F)(F)F)c2)[C@@H]1C. The molecule has 3 aromatic carbocycles. The van der Waals surface area contributed by atoms with Gasteiger partial charge in [0.05, 0.1) is 42.5 Å². The molecule has 4 aromatic rings. The average molecular weight is 681 g/mol. The van der Waals surface area contributed by atoms with Gasteiger partial charge in [-0.1, -0.05) is 36.8 Å². The van der Waals surface area contributed by atoms with Gasteiger partial charge in [0.25, 0.3) is 5.92 Å². The lowest BCUT2D eigenvalue weighted by molar-refractivity contribution is -0.137. The summed E-state index contributed by atoms with van der Waals surface area (Å²) >= 11 is 0. The third-order valence-corrected chi connectivity index (χ3v) is 9.02. The fourth-order valence-corrected chi connectivity index (χ4v) is 6.44. The number of ether oxygens (including phenoxy) is 1. The van der Waals surface area contributed by atoms with Crippen LogP contribution in [0.3, 0.4) is 0 Å². The van der Waals surface area contributed by atoms with Crippen LogP contribution in [0.5, 0.6) is 0 Å². The molecule has 2 fully saturated rings. The summed E-state index contributed by atoms with van der Waals surface area (Å²) in [5, 5.41) is 9.43. The minimum atomic E-state index is -4.59. The first kappa shape index (κ1) is 33.8. The third kappa shape index (κ3) is 6.66. The number of carbonyl (C=O) groups is 2. The van der Waals surface area contributed by atoms with Gasteiger partial charge in [-0.05, 0) is 90.9 Å². The lowest BCUT2D eigenvalue weighted by Crippen LogP contribution is -2.57. The molecule has 49 heavy (non-hydrogen) atoms. The van der Waals surface area contributed by atoms with E-state index in [4.69, 9.17) is 4.74 Å². The van der Waals surface area contributed by atoms with Crippen molar-refractivity contribution in [2.24, 2.45) is 0 Å². The summed E-state index contributed by atoms with van der Waals surface area (Å²) in [5.74, 6) is -3.87. The number of carboxylic acid groups (broad SMARTS) is 1. The van der Waals surface area contributed by atoms with Gasteiger partial charge in [0, 0.05) is 11.8 Å². The second kappa shape index (κ2) is 12.4. The van der Waals surface area contributed by atoms with Crippen molar-refractivity contribution in [1.82, 2.24) is 14.9 Å². The summed E-state index contributed by atoms with van der Waals surface area (Å²) in [7, 11) is 0. The zero-order valence-corrected chi connectivity index (χ0v) is 27.1. The van der Waals surface area contributed by atoms with Crippen LogP contribution < -0.4 is 4.90 Å². The maximum Gasteiger partial charge on any atom is 0.416 e. The number of carboxylic acids is 1.